The molecule has 0 aliphatic rings. The van der Waals surface area contributed by atoms with Gasteiger partial charge in [-0.15, -0.1) is 0 Å². The molecule has 0 saturated heterocycles. The summed E-state index contributed by atoms with van der Waals surface area (Å²) in [6.07, 6.45) is 3.33. The minimum Gasteiger partial charge on any atom is -0.364 e. The first-order valence-electron chi connectivity index (χ1n) is 3.51. The lowest BCUT2D eigenvalue weighted by Crippen LogP contribution is -1.71. The molecule has 0 aliphatic carbocycles. The van der Waals surface area contributed by atoms with Crippen LogP contribution in [0.3, 0.4) is 0 Å². The molecule has 12 heavy (non-hydrogen) atoms. The molecule has 2 aromatic rings. The van der Waals surface area contributed by atoms with Crippen LogP contribution in [0, 0.1) is 0 Å². The van der Waals surface area contributed by atoms with Crippen molar-refractivity contribution in [3.05, 3.63) is 41.2 Å². The van der Waals surface area contributed by atoms with Crippen LogP contribution in [0.25, 0.3) is 11.1 Å². The predicted molar refractivity (Wildman–Crippen MR) is 49.6 cm³/mol. The van der Waals surface area contributed by atoms with Gasteiger partial charge < -0.3 is 4.52 Å². The van der Waals surface area contributed by atoms with Crippen LogP contribution < -0.4 is 0 Å². The normalized spacial score (nSPS) is 10.1. The maximum Gasteiger partial charge on any atom is 0.131 e. The SMILES string of the molecule is Brc1ccc(-c2cnoc2)cc1. The minimum atomic E-state index is 1.00. The van der Waals surface area contributed by atoms with Crippen molar-refractivity contribution in [2.75, 3.05) is 0 Å². The van der Waals surface area contributed by atoms with Gasteiger partial charge in [0.2, 0.25) is 0 Å². The molecular formula is C9H6BrNO. The van der Waals surface area contributed by atoms with Gasteiger partial charge in [0, 0.05) is 10.0 Å². The summed E-state index contributed by atoms with van der Waals surface area (Å²) < 4.78 is 5.81. The highest BCUT2D eigenvalue weighted by atomic mass is 79.9. The molecule has 0 fully saturated rings. The Labute approximate surface area is 78.3 Å². The molecule has 0 aliphatic heterocycles. The summed E-state index contributed by atoms with van der Waals surface area (Å²) in [7, 11) is 0. The van der Waals surface area contributed by atoms with Crippen LogP contribution in [0.4, 0.5) is 0 Å². The summed E-state index contributed by atoms with van der Waals surface area (Å²) in [6, 6.07) is 8.00. The quantitative estimate of drug-likeness (QED) is 0.743. The zero-order valence-electron chi connectivity index (χ0n) is 6.20. The Hall–Kier alpha value is -1.09. The Morgan fingerprint density at radius 3 is 2.42 bits per heavy atom. The summed E-state index contributed by atoms with van der Waals surface area (Å²) in [6.45, 7) is 0. The first-order valence-corrected chi connectivity index (χ1v) is 4.31. The second kappa shape index (κ2) is 3.11. The molecule has 0 spiro atoms. The molecule has 60 valence electrons. The van der Waals surface area contributed by atoms with E-state index >= 15 is 0 Å². The molecule has 1 aromatic carbocycles. The van der Waals surface area contributed by atoms with E-state index in [-0.39, 0.29) is 0 Å². The second-order valence-corrected chi connectivity index (χ2v) is 3.34. The van der Waals surface area contributed by atoms with Gasteiger partial charge in [0.05, 0.1) is 6.20 Å². The first kappa shape index (κ1) is 7.55. The lowest BCUT2D eigenvalue weighted by atomic mass is 10.1. The molecule has 0 atom stereocenters. The van der Waals surface area contributed by atoms with Gasteiger partial charge in [-0.25, -0.2) is 0 Å². The maximum atomic E-state index is 4.74. The molecule has 0 amide bonds. The van der Waals surface area contributed by atoms with Gasteiger partial charge in [-0.05, 0) is 17.7 Å². The van der Waals surface area contributed by atoms with Crippen LogP contribution in [0.15, 0.2) is 45.7 Å². The molecule has 3 heteroatoms. The topological polar surface area (TPSA) is 26.0 Å². The molecule has 2 nitrogen and oxygen atoms in total. The van der Waals surface area contributed by atoms with Gasteiger partial charge in [0.1, 0.15) is 6.26 Å². The van der Waals surface area contributed by atoms with Gasteiger partial charge in [-0.2, -0.15) is 0 Å². The third-order valence-electron chi connectivity index (χ3n) is 1.61. The zero-order chi connectivity index (χ0) is 8.39. The van der Waals surface area contributed by atoms with E-state index in [0.717, 1.165) is 15.6 Å². The van der Waals surface area contributed by atoms with Gasteiger partial charge in [-0.1, -0.05) is 33.2 Å². The lowest BCUT2D eigenvalue weighted by molar-refractivity contribution is 0.420. The van der Waals surface area contributed by atoms with Gasteiger partial charge in [0.15, 0.2) is 0 Å². The average molecular weight is 224 g/mol. The predicted octanol–water partition coefficient (Wildman–Crippen LogP) is 3.10. The number of hydrogen-bond donors (Lipinski definition) is 0. The Morgan fingerprint density at radius 1 is 1.08 bits per heavy atom. The van der Waals surface area contributed by atoms with Crippen molar-refractivity contribution in [2.24, 2.45) is 0 Å². The van der Waals surface area contributed by atoms with Crippen molar-refractivity contribution in [3.8, 4) is 11.1 Å². The van der Waals surface area contributed by atoms with E-state index in [4.69, 9.17) is 4.52 Å². The zero-order valence-corrected chi connectivity index (χ0v) is 7.78. The van der Waals surface area contributed by atoms with Crippen LogP contribution in [0.2, 0.25) is 0 Å². The lowest BCUT2D eigenvalue weighted by Gasteiger charge is -1.94. The Bertz CT molecular complexity index is 353. The van der Waals surface area contributed by atoms with E-state index in [1.54, 1.807) is 12.5 Å². The van der Waals surface area contributed by atoms with Crippen molar-refractivity contribution in [3.63, 3.8) is 0 Å². The summed E-state index contributed by atoms with van der Waals surface area (Å²) >= 11 is 3.37. The van der Waals surface area contributed by atoms with Crippen LogP contribution in [-0.4, -0.2) is 5.16 Å². The van der Waals surface area contributed by atoms with Crippen LogP contribution in [-0.2, 0) is 0 Å². The molecule has 0 bridgehead atoms. The Balaban J connectivity index is 2.43. The maximum absolute atomic E-state index is 4.74. The smallest absolute Gasteiger partial charge is 0.131 e. The first-order chi connectivity index (χ1) is 5.86. The van der Waals surface area contributed by atoms with Crippen molar-refractivity contribution in [1.29, 1.82) is 0 Å². The standard InChI is InChI=1S/C9H6BrNO/c10-9-3-1-7(2-4-9)8-5-11-12-6-8/h1-6H. The van der Waals surface area contributed by atoms with Crippen molar-refractivity contribution in [1.82, 2.24) is 5.16 Å². The largest absolute Gasteiger partial charge is 0.364 e. The van der Waals surface area contributed by atoms with Gasteiger partial charge >= 0.3 is 0 Å². The minimum absolute atomic E-state index is 1.00. The third-order valence-corrected chi connectivity index (χ3v) is 2.14. The number of benzene rings is 1. The third kappa shape index (κ3) is 1.41. The van der Waals surface area contributed by atoms with E-state index in [0.29, 0.717) is 0 Å². The van der Waals surface area contributed by atoms with Crippen molar-refractivity contribution in [2.45, 2.75) is 0 Å². The highest BCUT2D eigenvalue weighted by Gasteiger charge is 1.98. The van der Waals surface area contributed by atoms with Crippen molar-refractivity contribution < 1.29 is 4.52 Å². The molecule has 0 N–H and O–H groups in total. The van der Waals surface area contributed by atoms with Crippen LogP contribution >= 0.6 is 15.9 Å². The van der Waals surface area contributed by atoms with E-state index in [9.17, 15) is 0 Å². The molecule has 0 radical (unpaired) electrons. The number of rotatable bonds is 1. The fourth-order valence-corrected chi connectivity index (χ4v) is 1.25. The summed E-state index contributed by atoms with van der Waals surface area (Å²) in [5.41, 5.74) is 2.11. The van der Waals surface area contributed by atoms with Gasteiger partial charge in [-0.3, -0.25) is 0 Å². The van der Waals surface area contributed by atoms with E-state index in [1.165, 1.54) is 0 Å². The molecule has 0 unspecified atom stereocenters. The van der Waals surface area contributed by atoms with Crippen LogP contribution in [0.5, 0.6) is 0 Å². The second-order valence-electron chi connectivity index (χ2n) is 2.42. The average Bonchev–Trinajstić information content (AvgIpc) is 2.58. The fraction of sp³-hybridized carbons (Fsp3) is 0. The summed E-state index contributed by atoms with van der Waals surface area (Å²) in [4.78, 5) is 0. The highest BCUT2D eigenvalue weighted by molar-refractivity contribution is 9.10. The molecule has 0 saturated carbocycles. The van der Waals surface area contributed by atoms with E-state index in [1.807, 2.05) is 24.3 Å². The van der Waals surface area contributed by atoms with E-state index < -0.39 is 0 Å². The molecule has 1 aromatic heterocycles. The molecule has 2 rings (SSSR count). The number of hydrogen-bond acceptors (Lipinski definition) is 2. The number of nitrogens with zero attached hydrogens (tertiary/aromatic N) is 1. The molecular weight excluding hydrogens is 218 g/mol. The van der Waals surface area contributed by atoms with Gasteiger partial charge in [0.25, 0.3) is 0 Å². The Morgan fingerprint density at radius 2 is 1.83 bits per heavy atom. The molecule has 1 heterocycles. The summed E-state index contributed by atoms with van der Waals surface area (Å²) in [5.74, 6) is 0. The monoisotopic (exact) mass is 223 g/mol. The number of halogens is 1. The van der Waals surface area contributed by atoms with Crippen molar-refractivity contribution >= 4 is 15.9 Å². The Kier molecular flexibility index (Phi) is 1.96. The fourth-order valence-electron chi connectivity index (χ4n) is 0.990. The highest BCUT2D eigenvalue weighted by Crippen LogP contribution is 2.20. The van der Waals surface area contributed by atoms with Crippen LogP contribution in [0.1, 0.15) is 0 Å². The summed E-state index contributed by atoms with van der Waals surface area (Å²) in [5, 5.41) is 3.63. The number of aromatic nitrogens is 1. The van der Waals surface area contributed by atoms with E-state index in [2.05, 4.69) is 21.1 Å².